The van der Waals surface area contributed by atoms with Crippen LogP contribution in [0, 0.1) is 0 Å². The first-order valence-corrected chi connectivity index (χ1v) is 6.89. The maximum Gasteiger partial charge on any atom is 0.131 e. The lowest BCUT2D eigenvalue weighted by atomic mass is 10.1. The fourth-order valence-corrected chi connectivity index (χ4v) is 2.67. The fraction of sp³-hybridized carbons (Fsp3) is 0.400. The number of fused-ring (bicyclic) bond motifs is 1. The standard InChI is InChI=1S/C15H20N4/c16-15-14-3-2-12(10-13(14)4-6-18-15)11-19-8-1-5-17-7-9-19/h2-4,6,10,17H,1,5,7-9,11H2,(H2,16,18). The third-order valence-corrected chi connectivity index (χ3v) is 3.70. The van der Waals surface area contributed by atoms with Gasteiger partial charge in [-0.05, 0) is 42.6 Å². The lowest BCUT2D eigenvalue weighted by Gasteiger charge is -2.19. The maximum atomic E-state index is 5.88. The van der Waals surface area contributed by atoms with Gasteiger partial charge in [0.05, 0.1) is 0 Å². The normalized spacial score (nSPS) is 17.5. The van der Waals surface area contributed by atoms with E-state index >= 15 is 0 Å². The van der Waals surface area contributed by atoms with Crippen molar-refractivity contribution in [3.8, 4) is 0 Å². The molecule has 4 heteroatoms. The van der Waals surface area contributed by atoms with Gasteiger partial charge in [0.15, 0.2) is 0 Å². The lowest BCUT2D eigenvalue weighted by molar-refractivity contribution is 0.284. The van der Waals surface area contributed by atoms with Crippen molar-refractivity contribution in [2.75, 3.05) is 31.9 Å². The van der Waals surface area contributed by atoms with Crippen LogP contribution in [0.4, 0.5) is 5.82 Å². The quantitative estimate of drug-likeness (QED) is 0.857. The molecule has 1 saturated heterocycles. The van der Waals surface area contributed by atoms with Crippen molar-refractivity contribution in [2.45, 2.75) is 13.0 Å². The molecule has 1 fully saturated rings. The summed E-state index contributed by atoms with van der Waals surface area (Å²) in [6, 6.07) is 8.51. The molecule has 0 radical (unpaired) electrons. The van der Waals surface area contributed by atoms with E-state index in [-0.39, 0.29) is 0 Å². The molecular formula is C15H20N4. The number of nitrogens with one attached hydrogen (secondary N) is 1. The lowest BCUT2D eigenvalue weighted by Crippen LogP contribution is -2.27. The van der Waals surface area contributed by atoms with Crippen LogP contribution in [0.1, 0.15) is 12.0 Å². The van der Waals surface area contributed by atoms with E-state index in [0.717, 1.165) is 31.6 Å². The SMILES string of the molecule is Nc1nccc2cc(CN3CCCNCC3)ccc12. The minimum Gasteiger partial charge on any atom is -0.383 e. The monoisotopic (exact) mass is 256 g/mol. The van der Waals surface area contributed by atoms with Crippen molar-refractivity contribution >= 4 is 16.6 Å². The van der Waals surface area contributed by atoms with E-state index in [1.165, 1.54) is 23.9 Å². The number of anilines is 1. The molecule has 2 heterocycles. The summed E-state index contributed by atoms with van der Waals surface area (Å²) in [5.41, 5.74) is 7.23. The van der Waals surface area contributed by atoms with Gasteiger partial charge in [-0.2, -0.15) is 0 Å². The Morgan fingerprint density at radius 2 is 2.16 bits per heavy atom. The van der Waals surface area contributed by atoms with Crippen LogP contribution in [0.2, 0.25) is 0 Å². The van der Waals surface area contributed by atoms with E-state index < -0.39 is 0 Å². The second-order valence-corrected chi connectivity index (χ2v) is 5.13. The molecule has 0 bridgehead atoms. The van der Waals surface area contributed by atoms with Gasteiger partial charge < -0.3 is 11.1 Å². The molecule has 1 aromatic carbocycles. The zero-order valence-electron chi connectivity index (χ0n) is 11.1. The molecule has 100 valence electrons. The topological polar surface area (TPSA) is 54.2 Å². The first-order valence-electron chi connectivity index (χ1n) is 6.89. The highest BCUT2D eigenvalue weighted by Crippen LogP contribution is 2.20. The number of nitrogens with two attached hydrogens (primary N) is 1. The Hall–Kier alpha value is -1.65. The number of rotatable bonds is 2. The van der Waals surface area contributed by atoms with Crippen LogP contribution >= 0.6 is 0 Å². The van der Waals surface area contributed by atoms with Gasteiger partial charge in [-0.1, -0.05) is 12.1 Å². The Kier molecular flexibility index (Phi) is 3.62. The Morgan fingerprint density at radius 1 is 1.21 bits per heavy atom. The van der Waals surface area contributed by atoms with Crippen LogP contribution in [0.15, 0.2) is 30.5 Å². The third-order valence-electron chi connectivity index (χ3n) is 3.70. The molecule has 1 aromatic heterocycles. The molecule has 3 N–H and O–H groups in total. The molecule has 2 aromatic rings. The minimum absolute atomic E-state index is 0.614. The number of benzene rings is 1. The van der Waals surface area contributed by atoms with Gasteiger partial charge in [-0.15, -0.1) is 0 Å². The number of hydrogen-bond acceptors (Lipinski definition) is 4. The summed E-state index contributed by atoms with van der Waals surface area (Å²) >= 11 is 0. The Bertz CT molecular complexity index is 559. The van der Waals surface area contributed by atoms with E-state index in [1.54, 1.807) is 6.20 Å². The number of hydrogen-bond donors (Lipinski definition) is 2. The molecule has 0 amide bonds. The smallest absolute Gasteiger partial charge is 0.131 e. The van der Waals surface area contributed by atoms with Crippen molar-refractivity contribution in [3.63, 3.8) is 0 Å². The van der Waals surface area contributed by atoms with Crippen molar-refractivity contribution in [3.05, 3.63) is 36.0 Å². The zero-order valence-corrected chi connectivity index (χ0v) is 11.1. The first kappa shape index (κ1) is 12.4. The highest BCUT2D eigenvalue weighted by molar-refractivity contribution is 5.91. The van der Waals surface area contributed by atoms with Crippen LogP contribution in [0.3, 0.4) is 0 Å². The molecule has 1 aliphatic rings. The average Bonchev–Trinajstić information content (AvgIpc) is 2.68. The van der Waals surface area contributed by atoms with E-state index in [4.69, 9.17) is 5.73 Å². The molecule has 0 spiro atoms. The Morgan fingerprint density at radius 3 is 3.11 bits per heavy atom. The summed E-state index contributed by atoms with van der Waals surface area (Å²) in [4.78, 5) is 6.63. The van der Waals surface area contributed by atoms with E-state index in [0.29, 0.717) is 5.82 Å². The van der Waals surface area contributed by atoms with Gasteiger partial charge >= 0.3 is 0 Å². The molecule has 0 atom stereocenters. The molecule has 19 heavy (non-hydrogen) atoms. The van der Waals surface area contributed by atoms with Crippen LogP contribution in [-0.4, -0.2) is 36.1 Å². The molecule has 3 rings (SSSR count). The van der Waals surface area contributed by atoms with Crippen LogP contribution < -0.4 is 11.1 Å². The van der Waals surface area contributed by atoms with Crippen LogP contribution in [0.5, 0.6) is 0 Å². The van der Waals surface area contributed by atoms with Crippen molar-refractivity contribution in [1.29, 1.82) is 0 Å². The van der Waals surface area contributed by atoms with Gasteiger partial charge in [-0.3, -0.25) is 4.90 Å². The third kappa shape index (κ3) is 2.85. The first-order chi connectivity index (χ1) is 9.33. The highest BCUT2D eigenvalue weighted by Gasteiger charge is 2.09. The maximum absolute atomic E-state index is 5.88. The predicted molar refractivity (Wildman–Crippen MR) is 78.9 cm³/mol. The largest absolute Gasteiger partial charge is 0.383 e. The summed E-state index contributed by atoms with van der Waals surface area (Å²) in [6.45, 7) is 5.53. The van der Waals surface area contributed by atoms with Crippen molar-refractivity contribution < 1.29 is 0 Å². The summed E-state index contributed by atoms with van der Waals surface area (Å²) in [5.74, 6) is 0.614. The highest BCUT2D eigenvalue weighted by atomic mass is 15.1. The molecule has 0 unspecified atom stereocenters. The van der Waals surface area contributed by atoms with E-state index in [1.807, 2.05) is 6.07 Å². The molecular weight excluding hydrogens is 236 g/mol. The van der Waals surface area contributed by atoms with Crippen molar-refractivity contribution in [1.82, 2.24) is 15.2 Å². The van der Waals surface area contributed by atoms with E-state index in [2.05, 4.69) is 33.4 Å². The Balaban J connectivity index is 1.81. The summed E-state index contributed by atoms with van der Waals surface area (Å²) < 4.78 is 0. The molecule has 0 aliphatic carbocycles. The van der Waals surface area contributed by atoms with Crippen molar-refractivity contribution in [2.24, 2.45) is 0 Å². The molecule has 4 nitrogen and oxygen atoms in total. The summed E-state index contributed by atoms with van der Waals surface area (Å²) in [5, 5.41) is 5.66. The molecule has 0 saturated carbocycles. The predicted octanol–water partition coefficient (Wildman–Crippen LogP) is 1.61. The Labute approximate surface area is 113 Å². The van der Waals surface area contributed by atoms with Gasteiger partial charge in [0, 0.05) is 31.2 Å². The number of pyridine rings is 1. The van der Waals surface area contributed by atoms with Crippen LogP contribution in [-0.2, 0) is 6.54 Å². The van der Waals surface area contributed by atoms with Gasteiger partial charge in [0.1, 0.15) is 5.82 Å². The van der Waals surface area contributed by atoms with Gasteiger partial charge in [0.2, 0.25) is 0 Å². The van der Waals surface area contributed by atoms with Gasteiger partial charge in [0.25, 0.3) is 0 Å². The second-order valence-electron chi connectivity index (χ2n) is 5.13. The van der Waals surface area contributed by atoms with Gasteiger partial charge in [-0.25, -0.2) is 4.98 Å². The fourth-order valence-electron chi connectivity index (χ4n) is 2.67. The van der Waals surface area contributed by atoms with E-state index in [9.17, 15) is 0 Å². The summed E-state index contributed by atoms with van der Waals surface area (Å²) in [7, 11) is 0. The second kappa shape index (κ2) is 5.55. The minimum atomic E-state index is 0.614. The number of aromatic nitrogens is 1. The number of nitrogen functional groups attached to an aromatic ring is 1. The number of nitrogens with zero attached hydrogens (tertiary/aromatic N) is 2. The van der Waals surface area contributed by atoms with Crippen LogP contribution in [0.25, 0.3) is 10.8 Å². The zero-order chi connectivity index (χ0) is 13.1. The summed E-state index contributed by atoms with van der Waals surface area (Å²) in [6.07, 6.45) is 3.00. The molecule has 1 aliphatic heterocycles. The average molecular weight is 256 g/mol.